The van der Waals surface area contributed by atoms with Crippen LogP contribution in [0.4, 0.5) is 0 Å². The van der Waals surface area contributed by atoms with Crippen molar-refractivity contribution in [2.24, 2.45) is 12.1 Å². The Morgan fingerprint density at radius 3 is 2.58 bits per heavy atom. The number of hydrogen-bond donors (Lipinski definition) is 1. The molecule has 6 nitrogen and oxygen atoms in total. The van der Waals surface area contributed by atoms with Gasteiger partial charge in [0.25, 0.3) is 5.91 Å². The van der Waals surface area contributed by atoms with Crippen molar-refractivity contribution >= 4 is 45.8 Å². The van der Waals surface area contributed by atoms with Crippen LogP contribution in [0.2, 0.25) is 5.02 Å². The topological polar surface area (TPSA) is 72.2 Å². The molecular weight excluding hydrogens is 430 g/mol. The number of hydrogen-bond acceptors (Lipinski definition) is 5. The number of carbonyl (C=O) groups is 1. The highest BCUT2D eigenvalue weighted by Crippen LogP contribution is 2.23. The molecule has 0 fully saturated rings. The zero-order valence-corrected chi connectivity index (χ0v) is 18.6. The highest BCUT2D eigenvalue weighted by molar-refractivity contribution is 7.99. The number of nitrogens with zero attached hydrogens (tertiary/aromatic N) is 4. The molecule has 0 unspecified atom stereocenters. The van der Waals surface area contributed by atoms with Gasteiger partial charge in [-0.25, -0.2) is 5.43 Å². The van der Waals surface area contributed by atoms with E-state index >= 15 is 0 Å². The number of benzene rings is 3. The molecule has 8 heteroatoms. The van der Waals surface area contributed by atoms with Gasteiger partial charge in [0, 0.05) is 17.6 Å². The number of thioether (sulfide) groups is 1. The number of rotatable bonds is 6. The summed E-state index contributed by atoms with van der Waals surface area (Å²) in [6.07, 6.45) is 0. The minimum Gasteiger partial charge on any atom is -0.305 e. The normalized spacial score (nSPS) is 11.6. The molecule has 0 radical (unpaired) electrons. The summed E-state index contributed by atoms with van der Waals surface area (Å²) in [5, 5.41) is 16.3. The number of halogens is 1. The predicted octanol–water partition coefficient (Wildman–Crippen LogP) is 4.92. The zero-order valence-electron chi connectivity index (χ0n) is 17.0. The second-order valence-electron chi connectivity index (χ2n) is 6.95. The molecule has 156 valence electrons. The number of nitrogens with one attached hydrogen (secondary N) is 1. The lowest BCUT2D eigenvalue weighted by Gasteiger charge is -2.05. The lowest BCUT2D eigenvalue weighted by molar-refractivity contribution is -0.118. The van der Waals surface area contributed by atoms with E-state index in [1.54, 1.807) is 0 Å². The fourth-order valence-electron chi connectivity index (χ4n) is 3.08. The van der Waals surface area contributed by atoms with Gasteiger partial charge in [0.15, 0.2) is 11.0 Å². The van der Waals surface area contributed by atoms with Gasteiger partial charge in [0.2, 0.25) is 0 Å². The summed E-state index contributed by atoms with van der Waals surface area (Å²) < 4.78 is 1.85. The lowest BCUT2D eigenvalue weighted by atomic mass is 10.0. The number of carbonyl (C=O) groups excluding carboxylic acids is 1. The van der Waals surface area contributed by atoms with Gasteiger partial charge in [0.05, 0.1) is 11.5 Å². The van der Waals surface area contributed by atoms with Crippen molar-refractivity contribution in [3.8, 4) is 11.4 Å². The summed E-state index contributed by atoms with van der Waals surface area (Å²) in [4.78, 5) is 12.3. The van der Waals surface area contributed by atoms with Crippen molar-refractivity contribution in [1.82, 2.24) is 20.2 Å². The maximum Gasteiger partial charge on any atom is 0.250 e. The van der Waals surface area contributed by atoms with E-state index in [2.05, 4.69) is 38.9 Å². The van der Waals surface area contributed by atoms with Gasteiger partial charge in [-0.15, -0.1) is 10.2 Å². The highest BCUT2D eigenvalue weighted by Gasteiger charge is 2.13. The first-order valence-corrected chi connectivity index (χ1v) is 11.0. The minimum absolute atomic E-state index is 0.182. The van der Waals surface area contributed by atoms with E-state index in [4.69, 9.17) is 11.6 Å². The Kier molecular flexibility index (Phi) is 6.34. The minimum atomic E-state index is -0.207. The number of amides is 1. The average Bonchev–Trinajstić information content (AvgIpc) is 3.16. The molecule has 0 bridgehead atoms. The Labute approximate surface area is 189 Å². The molecule has 31 heavy (non-hydrogen) atoms. The number of hydrazone groups is 1. The van der Waals surface area contributed by atoms with Crippen LogP contribution in [0.3, 0.4) is 0 Å². The fraction of sp³-hybridized carbons (Fsp3) is 0.130. The van der Waals surface area contributed by atoms with Gasteiger partial charge in [-0.1, -0.05) is 59.8 Å². The summed E-state index contributed by atoms with van der Waals surface area (Å²) in [5.74, 6) is 0.687. The molecule has 3 aromatic carbocycles. The molecular formula is C23H20ClN5OS. The van der Waals surface area contributed by atoms with Crippen LogP contribution >= 0.6 is 23.4 Å². The second kappa shape index (κ2) is 9.32. The van der Waals surface area contributed by atoms with Crippen molar-refractivity contribution in [3.05, 3.63) is 77.3 Å². The molecule has 0 spiro atoms. The molecule has 4 rings (SSSR count). The van der Waals surface area contributed by atoms with Gasteiger partial charge in [0.1, 0.15) is 0 Å². The van der Waals surface area contributed by atoms with Gasteiger partial charge < -0.3 is 4.57 Å². The monoisotopic (exact) mass is 449 g/mol. The number of aromatic nitrogens is 3. The first kappa shape index (κ1) is 21.1. The van der Waals surface area contributed by atoms with Gasteiger partial charge >= 0.3 is 0 Å². The van der Waals surface area contributed by atoms with E-state index in [-0.39, 0.29) is 11.7 Å². The molecule has 0 aliphatic carbocycles. The van der Waals surface area contributed by atoms with Crippen LogP contribution in [0.5, 0.6) is 0 Å². The van der Waals surface area contributed by atoms with Crippen LogP contribution in [0.15, 0.2) is 77.0 Å². The zero-order chi connectivity index (χ0) is 21.8. The fourth-order valence-corrected chi connectivity index (χ4v) is 3.91. The summed E-state index contributed by atoms with van der Waals surface area (Å²) in [6, 6.07) is 21.6. The Balaban J connectivity index is 1.37. The van der Waals surface area contributed by atoms with Crippen molar-refractivity contribution < 1.29 is 4.79 Å². The van der Waals surface area contributed by atoms with Gasteiger partial charge in [-0.2, -0.15) is 5.10 Å². The van der Waals surface area contributed by atoms with Crippen molar-refractivity contribution in [2.45, 2.75) is 12.1 Å². The molecule has 0 saturated carbocycles. The first-order valence-electron chi connectivity index (χ1n) is 9.62. The smallest absolute Gasteiger partial charge is 0.250 e. The van der Waals surface area contributed by atoms with Crippen LogP contribution in [0.1, 0.15) is 12.5 Å². The Bertz CT molecular complexity index is 1270. The summed E-state index contributed by atoms with van der Waals surface area (Å²) in [7, 11) is 1.87. The third-order valence-corrected chi connectivity index (χ3v) is 6.06. The van der Waals surface area contributed by atoms with Gasteiger partial charge in [-0.3, -0.25) is 4.79 Å². The first-order chi connectivity index (χ1) is 15.0. The third kappa shape index (κ3) is 4.95. The standard InChI is InChI=1S/C23H20ClN5OS/c1-15(18-8-7-16-5-3-4-6-19(16)13-18)25-26-21(30)14-31-23-28-27-22(29(23)2)17-9-11-20(24)12-10-17/h3-13H,14H2,1-2H3,(H,26,30)/b25-15-. The quantitative estimate of drug-likeness (QED) is 0.257. The van der Waals surface area contributed by atoms with Crippen LogP contribution in [0.25, 0.3) is 22.2 Å². The van der Waals surface area contributed by atoms with Gasteiger partial charge in [-0.05, 0) is 53.6 Å². The van der Waals surface area contributed by atoms with E-state index in [1.807, 2.05) is 67.1 Å². The maximum atomic E-state index is 12.3. The maximum absolute atomic E-state index is 12.3. The van der Waals surface area contributed by atoms with E-state index in [0.717, 1.165) is 22.2 Å². The summed E-state index contributed by atoms with van der Waals surface area (Å²) in [5.41, 5.74) is 5.24. The highest BCUT2D eigenvalue weighted by atomic mass is 35.5. The van der Waals surface area contributed by atoms with E-state index < -0.39 is 0 Å². The van der Waals surface area contributed by atoms with Crippen LogP contribution in [0, 0.1) is 0 Å². The molecule has 1 amide bonds. The van der Waals surface area contributed by atoms with Crippen molar-refractivity contribution in [1.29, 1.82) is 0 Å². The Hall–Kier alpha value is -3.16. The molecule has 1 N–H and O–H groups in total. The summed E-state index contributed by atoms with van der Waals surface area (Å²) >= 11 is 7.25. The van der Waals surface area contributed by atoms with Crippen molar-refractivity contribution in [2.75, 3.05) is 5.75 Å². The molecule has 1 heterocycles. The second-order valence-corrected chi connectivity index (χ2v) is 8.33. The SMILES string of the molecule is C/C(=N/NC(=O)CSc1nnc(-c2ccc(Cl)cc2)n1C)c1ccc2ccccc2c1. The van der Waals surface area contributed by atoms with E-state index in [9.17, 15) is 4.79 Å². The molecule has 1 aromatic heterocycles. The molecule has 0 aliphatic rings. The largest absolute Gasteiger partial charge is 0.305 e. The molecule has 0 atom stereocenters. The lowest BCUT2D eigenvalue weighted by Crippen LogP contribution is -2.21. The average molecular weight is 450 g/mol. The number of fused-ring (bicyclic) bond motifs is 1. The molecule has 4 aromatic rings. The summed E-state index contributed by atoms with van der Waals surface area (Å²) in [6.45, 7) is 1.87. The Morgan fingerprint density at radius 1 is 1.06 bits per heavy atom. The molecule has 0 saturated heterocycles. The van der Waals surface area contributed by atoms with Crippen LogP contribution in [-0.4, -0.2) is 32.1 Å². The van der Waals surface area contributed by atoms with Crippen LogP contribution in [-0.2, 0) is 11.8 Å². The van der Waals surface area contributed by atoms with E-state index in [1.165, 1.54) is 17.1 Å². The Morgan fingerprint density at radius 2 is 1.81 bits per heavy atom. The third-order valence-electron chi connectivity index (χ3n) is 4.79. The van der Waals surface area contributed by atoms with Crippen LogP contribution < -0.4 is 5.43 Å². The van der Waals surface area contributed by atoms with E-state index in [0.29, 0.717) is 16.0 Å². The molecule has 0 aliphatic heterocycles. The predicted molar refractivity (Wildman–Crippen MR) is 126 cm³/mol. The van der Waals surface area contributed by atoms with Crippen molar-refractivity contribution in [3.63, 3.8) is 0 Å².